The molecule has 0 saturated carbocycles. The third-order valence-electron chi connectivity index (χ3n) is 3.27. The summed E-state index contributed by atoms with van der Waals surface area (Å²) in [5.74, 6) is 1.60. The summed E-state index contributed by atoms with van der Waals surface area (Å²) in [6.07, 6.45) is 4.81. The SMILES string of the molecule is COc1ccc(-c2nc(-c3ccoc3)cnc2N)cc1OC. The Bertz CT molecular complexity index is 785. The number of furan rings is 1. The van der Waals surface area contributed by atoms with Crippen LogP contribution in [0.3, 0.4) is 0 Å². The van der Waals surface area contributed by atoms with Crippen molar-refractivity contribution in [2.24, 2.45) is 0 Å². The number of aromatic nitrogens is 2. The van der Waals surface area contributed by atoms with Crippen molar-refractivity contribution in [3.8, 4) is 34.0 Å². The molecule has 2 heterocycles. The number of nitrogens with two attached hydrogens (primary N) is 1. The second-order valence-electron chi connectivity index (χ2n) is 4.57. The van der Waals surface area contributed by atoms with Crippen LogP contribution < -0.4 is 15.2 Å². The quantitative estimate of drug-likeness (QED) is 0.797. The number of nitrogen functional groups attached to an aromatic ring is 1. The Morgan fingerprint density at radius 1 is 1.05 bits per heavy atom. The molecule has 0 unspecified atom stereocenters. The van der Waals surface area contributed by atoms with Gasteiger partial charge in [-0.3, -0.25) is 0 Å². The van der Waals surface area contributed by atoms with Crippen LogP contribution in [0.1, 0.15) is 0 Å². The molecule has 0 aliphatic heterocycles. The molecule has 0 amide bonds. The van der Waals surface area contributed by atoms with Crippen LogP contribution in [0.25, 0.3) is 22.5 Å². The number of benzene rings is 1. The van der Waals surface area contributed by atoms with Crippen molar-refractivity contribution >= 4 is 5.82 Å². The molecule has 0 spiro atoms. The predicted molar refractivity (Wildman–Crippen MR) is 82.7 cm³/mol. The van der Waals surface area contributed by atoms with Crippen molar-refractivity contribution in [2.45, 2.75) is 0 Å². The monoisotopic (exact) mass is 297 g/mol. The maximum Gasteiger partial charge on any atom is 0.161 e. The summed E-state index contributed by atoms with van der Waals surface area (Å²) in [7, 11) is 3.17. The number of ether oxygens (including phenoxy) is 2. The zero-order chi connectivity index (χ0) is 15.5. The van der Waals surface area contributed by atoms with Crippen molar-refractivity contribution in [3.63, 3.8) is 0 Å². The van der Waals surface area contributed by atoms with Gasteiger partial charge in [0.15, 0.2) is 11.5 Å². The molecule has 0 atom stereocenters. The summed E-state index contributed by atoms with van der Waals surface area (Å²) in [4.78, 5) is 8.78. The van der Waals surface area contributed by atoms with Crippen molar-refractivity contribution in [3.05, 3.63) is 43.0 Å². The molecule has 3 rings (SSSR count). The second-order valence-corrected chi connectivity index (χ2v) is 4.57. The zero-order valence-corrected chi connectivity index (χ0v) is 12.2. The van der Waals surface area contributed by atoms with Gasteiger partial charge in [-0.2, -0.15) is 0 Å². The molecule has 0 radical (unpaired) electrons. The zero-order valence-electron chi connectivity index (χ0n) is 12.2. The van der Waals surface area contributed by atoms with E-state index in [-0.39, 0.29) is 0 Å². The van der Waals surface area contributed by atoms with Crippen molar-refractivity contribution in [2.75, 3.05) is 20.0 Å². The third-order valence-corrected chi connectivity index (χ3v) is 3.27. The average Bonchev–Trinajstić information content (AvgIpc) is 3.09. The fraction of sp³-hybridized carbons (Fsp3) is 0.125. The van der Waals surface area contributed by atoms with E-state index in [9.17, 15) is 0 Å². The van der Waals surface area contributed by atoms with Crippen molar-refractivity contribution in [1.29, 1.82) is 0 Å². The van der Waals surface area contributed by atoms with Crippen LogP contribution in [0.5, 0.6) is 11.5 Å². The first-order valence-electron chi connectivity index (χ1n) is 6.60. The molecule has 0 aliphatic carbocycles. The van der Waals surface area contributed by atoms with Gasteiger partial charge in [-0.25, -0.2) is 9.97 Å². The van der Waals surface area contributed by atoms with Crippen LogP contribution in [0.15, 0.2) is 47.4 Å². The molecule has 0 aliphatic rings. The smallest absolute Gasteiger partial charge is 0.161 e. The Morgan fingerprint density at radius 2 is 1.86 bits per heavy atom. The van der Waals surface area contributed by atoms with E-state index >= 15 is 0 Å². The van der Waals surface area contributed by atoms with Gasteiger partial charge >= 0.3 is 0 Å². The van der Waals surface area contributed by atoms with Crippen molar-refractivity contribution in [1.82, 2.24) is 9.97 Å². The molecule has 0 fully saturated rings. The molecule has 0 saturated heterocycles. The minimum Gasteiger partial charge on any atom is -0.493 e. The lowest BCUT2D eigenvalue weighted by Gasteiger charge is -2.11. The Morgan fingerprint density at radius 3 is 2.55 bits per heavy atom. The predicted octanol–water partition coefficient (Wildman–Crippen LogP) is 3.00. The molecule has 22 heavy (non-hydrogen) atoms. The molecular weight excluding hydrogens is 282 g/mol. The molecule has 2 aromatic heterocycles. The van der Waals surface area contributed by atoms with Crippen LogP contribution in [0, 0.1) is 0 Å². The van der Waals surface area contributed by atoms with Gasteiger partial charge in [-0.1, -0.05) is 0 Å². The minimum absolute atomic E-state index is 0.347. The van der Waals surface area contributed by atoms with E-state index in [0.717, 1.165) is 11.1 Å². The number of anilines is 1. The first-order chi connectivity index (χ1) is 10.7. The highest BCUT2D eigenvalue weighted by molar-refractivity contribution is 5.74. The highest BCUT2D eigenvalue weighted by Crippen LogP contribution is 2.33. The standard InChI is InChI=1S/C16H15N3O3/c1-20-13-4-3-10(7-14(13)21-2)15-16(17)18-8-12(19-15)11-5-6-22-9-11/h3-9H,1-2H3,(H2,17,18). The first kappa shape index (κ1) is 13.9. The lowest BCUT2D eigenvalue weighted by molar-refractivity contribution is 0.355. The topological polar surface area (TPSA) is 83.4 Å². The lowest BCUT2D eigenvalue weighted by Crippen LogP contribution is -1.99. The van der Waals surface area contributed by atoms with Gasteiger partial charge in [-0.05, 0) is 24.3 Å². The van der Waals surface area contributed by atoms with Gasteiger partial charge in [0.25, 0.3) is 0 Å². The van der Waals surface area contributed by atoms with Crippen LogP contribution in [0.2, 0.25) is 0 Å². The van der Waals surface area contributed by atoms with Gasteiger partial charge in [0.2, 0.25) is 0 Å². The van der Waals surface area contributed by atoms with Crippen molar-refractivity contribution < 1.29 is 13.9 Å². The number of hydrogen-bond donors (Lipinski definition) is 1. The van der Waals surface area contributed by atoms with E-state index in [0.29, 0.717) is 28.7 Å². The Hall–Kier alpha value is -3.02. The average molecular weight is 297 g/mol. The maximum atomic E-state index is 5.97. The Labute approximate surface area is 127 Å². The van der Waals surface area contributed by atoms with Crippen LogP contribution in [-0.2, 0) is 0 Å². The van der Waals surface area contributed by atoms with Crippen LogP contribution in [0.4, 0.5) is 5.82 Å². The molecule has 0 bridgehead atoms. The molecule has 6 nitrogen and oxygen atoms in total. The molecule has 1 aromatic carbocycles. The number of methoxy groups -OCH3 is 2. The highest BCUT2D eigenvalue weighted by atomic mass is 16.5. The highest BCUT2D eigenvalue weighted by Gasteiger charge is 2.12. The molecule has 2 N–H and O–H groups in total. The van der Waals surface area contributed by atoms with Gasteiger partial charge in [0.1, 0.15) is 11.5 Å². The van der Waals surface area contributed by atoms with Gasteiger partial charge < -0.3 is 19.6 Å². The first-order valence-corrected chi connectivity index (χ1v) is 6.60. The summed E-state index contributed by atoms with van der Waals surface area (Å²) >= 11 is 0. The largest absolute Gasteiger partial charge is 0.493 e. The summed E-state index contributed by atoms with van der Waals surface area (Å²) in [6, 6.07) is 7.30. The minimum atomic E-state index is 0.347. The summed E-state index contributed by atoms with van der Waals surface area (Å²) < 4.78 is 15.6. The van der Waals surface area contributed by atoms with E-state index in [1.165, 1.54) is 0 Å². The lowest BCUT2D eigenvalue weighted by atomic mass is 10.1. The summed E-state index contributed by atoms with van der Waals surface area (Å²) in [5, 5.41) is 0. The van der Waals surface area contributed by atoms with Crippen LogP contribution in [-0.4, -0.2) is 24.2 Å². The van der Waals surface area contributed by atoms with Gasteiger partial charge in [0, 0.05) is 11.1 Å². The Balaban J connectivity index is 2.09. The number of rotatable bonds is 4. The second kappa shape index (κ2) is 5.77. The molecule has 112 valence electrons. The number of nitrogens with zero attached hydrogens (tertiary/aromatic N) is 2. The van der Waals surface area contributed by atoms with E-state index < -0.39 is 0 Å². The fourth-order valence-corrected chi connectivity index (χ4v) is 2.14. The fourth-order valence-electron chi connectivity index (χ4n) is 2.14. The number of hydrogen-bond acceptors (Lipinski definition) is 6. The Kier molecular flexibility index (Phi) is 3.65. The van der Waals surface area contributed by atoms with E-state index in [4.69, 9.17) is 19.6 Å². The third kappa shape index (κ3) is 2.46. The van der Waals surface area contributed by atoms with Gasteiger partial charge in [0.05, 0.1) is 38.6 Å². The summed E-state index contributed by atoms with van der Waals surface area (Å²) in [6.45, 7) is 0. The maximum absolute atomic E-state index is 5.97. The van der Waals surface area contributed by atoms with Gasteiger partial charge in [-0.15, -0.1) is 0 Å². The van der Waals surface area contributed by atoms with E-state index in [1.54, 1.807) is 39.0 Å². The molecular formula is C16H15N3O3. The van der Waals surface area contributed by atoms with Crippen LogP contribution >= 0.6 is 0 Å². The summed E-state index contributed by atoms with van der Waals surface area (Å²) in [5.41, 5.74) is 8.88. The van der Waals surface area contributed by atoms with E-state index in [1.807, 2.05) is 18.2 Å². The van der Waals surface area contributed by atoms with E-state index in [2.05, 4.69) is 9.97 Å². The molecule has 3 aromatic rings. The normalized spacial score (nSPS) is 10.5. The molecule has 6 heteroatoms.